The minimum Gasteiger partial charge on any atom is -0.480 e. The Morgan fingerprint density at radius 1 is 1.06 bits per heavy atom. The Kier molecular flexibility index (Phi) is 7.47. The Hall–Kier alpha value is -0.620. The highest BCUT2D eigenvalue weighted by molar-refractivity contribution is 7.88. The molecule has 0 amide bonds. The molecule has 0 rings (SSSR count). The largest absolute Gasteiger partial charge is 0.480 e. The van der Waals surface area contributed by atoms with Crippen molar-refractivity contribution in [2.45, 2.75) is 70.0 Å². The van der Waals surface area contributed by atoms with Crippen LogP contribution in [0.2, 0.25) is 0 Å². The summed E-state index contributed by atoms with van der Waals surface area (Å²) < 4.78 is 29.6. The number of carbonyl (C=O) groups is 1. The van der Waals surface area contributed by atoms with E-state index in [9.17, 15) is 13.2 Å². The van der Waals surface area contributed by atoms with Crippen LogP contribution in [0.25, 0.3) is 0 Å². The van der Waals surface area contributed by atoms with Gasteiger partial charge in [-0.25, -0.2) is 0 Å². The van der Waals surface area contributed by atoms with Gasteiger partial charge in [-0.05, 0) is 12.8 Å². The van der Waals surface area contributed by atoms with Crippen LogP contribution in [0.1, 0.15) is 65.2 Å². The monoisotopic (exact) mass is 280 g/mol. The summed E-state index contributed by atoms with van der Waals surface area (Å²) in [5.41, 5.74) is 0. The van der Waals surface area contributed by atoms with Crippen LogP contribution < -0.4 is 0 Å². The summed E-state index contributed by atoms with van der Waals surface area (Å²) in [7, 11) is -4.57. The zero-order valence-corrected chi connectivity index (χ0v) is 12.0. The molecule has 0 aliphatic heterocycles. The summed E-state index contributed by atoms with van der Waals surface area (Å²) in [5.74, 6) is -1.46. The second kappa shape index (κ2) is 7.74. The van der Waals surface area contributed by atoms with E-state index in [1.807, 2.05) is 0 Å². The fourth-order valence-corrected chi connectivity index (χ4v) is 3.04. The van der Waals surface area contributed by atoms with Gasteiger partial charge < -0.3 is 5.11 Å². The van der Waals surface area contributed by atoms with Gasteiger partial charge in [-0.1, -0.05) is 52.4 Å². The average molecular weight is 280 g/mol. The molecule has 0 saturated heterocycles. The van der Waals surface area contributed by atoms with E-state index in [-0.39, 0.29) is 12.8 Å². The van der Waals surface area contributed by atoms with E-state index in [0.717, 1.165) is 32.1 Å². The van der Waals surface area contributed by atoms with Gasteiger partial charge in [-0.3, -0.25) is 9.35 Å². The van der Waals surface area contributed by atoms with E-state index in [4.69, 9.17) is 9.66 Å². The molecule has 2 N–H and O–H groups in total. The molecule has 1 atom stereocenters. The number of hydrogen-bond acceptors (Lipinski definition) is 3. The SMILES string of the molecule is CCCCCCCCC(CC)(C(=O)O)S(=O)(=O)O. The molecular weight excluding hydrogens is 256 g/mol. The maximum atomic E-state index is 11.3. The van der Waals surface area contributed by atoms with E-state index in [1.165, 1.54) is 6.92 Å². The Morgan fingerprint density at radius 2 is 1.56 bits per heavy atom. The van der Waals surface area contributed by atoms with Gasteiger partial charge in [0.15, 0.2) is 4.75 Å². The first-order valence-electron chi connectivity index (χ1n) is 6.52. The first-order chi connectivity index (χ1) is 8.31. The summed E-state index contributed by atoms with van der Waals surface area (Å²) in [6.45, 7) is 3.57. The van der Waals surface area contributed by atoms with E-state index in [2.05, 4.69) is 6.92 Å². The summed E-state index contributed by atoms with van der Waals surface area (Å²) >= 11 is 0. The minimum absolute atomic E-state index is 0.0240. The molecule has 0 spiro atoms. The number of carboxylic acid groups (broad SMARTS) is 1. The van der Waals surface area contributed by atoms with Gasteiger partial charge in [0.25, 0.3) is 10.1 Å². The van der Waals surface area contributed by atoms with Crippen molar-refractivity contribution in [2.75, 3.05) is 0 Å². The van der Waals surface area contributed by atoms with E-state index < -0.39 is 20.8 Å². The van der Waals surface area contributed by atoms with Crippen LogP contribution in [0.3, 0.4) is 0 Å². The molecule has 0 aromatic heterocycles. The third-order valence-corrected chi connectivity index (χ3v) is 5.04. The van der Waals surface area contributed by atoms with Crippen LogP contribution in [0.4, 0.5) is 0 Å². The third-order valence-electron chi connectivity index (χ3n) is 3.39. The van der Waals surface area contributed by atoms with Crippen molar-refractivity contribution in [1.82, 2.24) is 0 Å². The Labute approximate surface area is 109 Å². The quantitative estimate of drug-likeness (QED) is 0.474. The average Bonchev–Trinajstić information content (AvgIpc) is 2.26. The van der Waals surface area contributed by atoms with Crippen LogP contribution in [0.5, 0.6) is 0 Å². The maximum Gasteiger partial charge on any atom is 0.327 e. The van der Waals surface area contributed by atoms with Gasteiger partial charge in [0.05, 0.1) is 0 Å². The van der Waals surface area contributed by atoms with Crippen molar-refractivity contribution >= 4 is 16.1 Å². The number of hydrogen-bond donors (Lipinski definition) is 2. The van der Waals surface area contributed by atoms with Crippen LogP contribution in [-0.4, -0.2) is 28.8 Å². The second-order valence-corrected chi connectivity index (χ2v) is 6.38. The zero-order valence-electron chi connectivity index (χ0n) is 11.2. The number of rotatable bonds is 10. The molecule has 0 bridgehead atoms. The normalized spacial score (nSPS) is 15.3. The lowest BCUT2D eigenvalue weighted by Crippen LogP contribution is -2.45. The molecule has 0 saturated carbocycles. The summed E-state index contributed by atoms with van der Waals surface area (Å²) in [6.07, 6.45) is 5.47. The van der Waals surface area contributed by atoms with Crippen molar-refractivity contribution in [1.29, 1.82) is 0 Å². The smallest absolute Gasteiger partial charge is 0.327 e. The van der Waals surface area contributed by atoms with Gasteiger partial charge in [-0.15, -0.1) is 0 Å². The first-order valence-corrected chi connectivity index (χ1v) is 7.96. The molecular formula is C12H24O5S. The highest BCUT2D eigenvalue weighted by Crippen LogP contribution is 2.28. The van der Waals surface area contributed by atoms with E-state index >= 15 is 0 Å². The summed E-state index contributed by atoms with van der Waals surface area (Å²) in [5, 5.41) is 9.06. The maximum absolute atomic E-state index is 11.3. The molecule has 0 aliphatic carbocycles. The van der Waals surface area contributed by atoms with Gasteiger partial charge in [-0.2, -0.15) is 8.42 Å². The second-order valence-electron chi connectivity index (χ2n) is 4.65. The highest BCUT2D eigenvalue weighted by atomic mass is 32.2. The number of unbranched alkanes of at least 4 members (excludes halogenated alkanes) is 5. The lowest BCUT2D eigenvalue weighted by molar-refractivity contribution is -0.140. The van der Waals surface area contributed by atoms with Gasteiger partial charge in [0.2, 0.25) is 0 Å². The zero-order chi connectivity index (χ0) is 14.2. The molecule has 0 aromatic carbocycles. The lowest BCUT2D eigenvalue weighted by Gasteiger charge is -2.24. The fraction of sp³-hybridized carbons (Fsp3) is 0.917. The molecule has 108 valence electrons. The molecule has 18 heavy (non-hydrogen) atoms. The van der Waals surface area contributed by atoms with E-state index in [0.29, 0.717) is 6.42 Å². The molecule has 0 aromatic rings. The van der Waals surface area contributed by atoms with Gasteiger partial charge in [0.1, 0.15) is 0 Å². The van der Waals surface area contributed by atoms with Crippen molar-refractivity contribution in [2.24, 2.45) is 0 Å². The van der Waals surface area contributed by atoms with Crippen LogP contribution in [-0.2, 0) is 14.9 Å². The molecule has 0 aliphatic rings. The van der Waals surface area contributed by atoms with Crippen molar-refractivity contribution < 1.29 is 22.9 Å². The third kappa shape index (κ3) is 4.57. The van der Waals surface area contributed by atoms with Crippen LogP contribution in [0, 0.1) is 0 Å². The van der Waals surface area contributed by atoms with E-state index in [1.54, 1.807) is 0 Å². The number of aliphatic carboxylic acids is 1. The van der Waals surface area contributed by atoms with Crippen molar-refractivity contribution in [3.8, 4) is 0 Å². The molecule has 0 heterocycles. The van der Waals surface area contributed by atoms with Gasteiger partial charge >= 0.3 is 5.97 Å². The molecule has 0 radical (unpaired) electrons. The Bertz CT molecular complexity index is 349. The van der Waals surface area contributed by atoms with Crippen molar-refractivity contribution in [3.05, 3.63) is 0 Å². The standard InChI is InChI=1S/C12H24O5S/c1-3-5-6-7-8-9-10-12(4-2,11(13)14)18(15,16)17/h3-10H2,1-2H3,(H,13,14)(H,15,16,17). The Balaban J connectivity index is 4.42. The predicted octanol–water partition coefficient (Wildman–Crippen LogP) is 2.86. The van der Waals surface area contributed by atoms with Crippen LogP contribution >= 0.6 is 0 Å². The highest BCUT2D eigenvalue weighted by Gasteiger charge is 2.48. The first kappa shape index (κ1) is 17.4. The minimum atomic E-state index is -4.57. The fourth-order valence-electron chi connectivity index (χ4n) is 2.05. The Morgan fingerprint density at radius 3 is 1.94 bits per heavy atom. The van der Waals surface area contributed by atoms with Crippen LogP contribution in [0.15, 0.2) is 0 Å². The predicted molar refractivity (Wildman–Crippen MR) is 70.2 cm³/mol. The molecule has 0 fully saturated rings. The summed E-state index contributed by atoms with van der Waals surface area (Å²) in [4.78, 5) is 11.1. The molecule has 1 unspecified atom stereocenters. The number of carboxylic acids is 1. The molecule has 6 heteroatoms. The summed E-state index contributed by atoms with van der Waals surface area (Å²) in [6, 6.07) is 0. The van der Waals surface area contributed by atoms with Gasteiger partial charge in [0, 0.05) is 0 Å². The lowest BCUT2D eigenvalue weighted by atomic mass is 9.97. The molecule has 5 nitrogen and oxygen atoms in total. The van der Waals surface area contributed by atoms with Crippen molar-refractivity contribution in [3.63, 3.8) is 0 Å². The topological polar surface area (TPSA) is 91.7 Å².